The highest BCUT2D eigenvalue weighted by atomic mass is 32.2. The van der Waals surface area contributed by atoms with E-state index >= 15 is 0 Å². The molecule has 0 aliphatic heterocycles. The maximum absolute atomic E-state index is 11.9. The van der Waals surface area contributed by atoms with E-state index in [0.29, 0.717) is 0 Å². The van der Waals surface area contributed by atoms with Crippen molar-refractivity contribution < 1.29 is 12.6 Å². The Kier molecular flexibility index (Phi) is 3.88. The summed E-state index contributed by atoms with van der Waals surface area (Å²) in [6.45, 7) is 6.09. The molecular formula is C14H18O3S. The Labute approximate surface area is 109 Å². The molecule has 0 saturated heterocycles. The lowest BCUT2D eigenvalue weighted by molar-refractivity contribution is 0.259. The lowest BCUT2D eigenvalue weighted by atomic mass is 10.1. The van der Waals surface area contributed by atoms with Crippen LogP contribution in [0.15, 0.2) is 41.3 Å². The third-order valence-corrected chi connectivity index (χ3v) is 4.55. The molecule has 1 aromatic carbocycles. The number of aryl methyl sites for hydroxylation is 1. The smallest absolute Gasteiger partial charge is 0.266 e. The van der Waals surface area contributed by atoms with Crippen molar-refractivity contribution >= 4 is 10.1 Å². The molecule has 1 aliphatic carbocycles. The molecule has 2 rings (SSSR count). The molecule has 1 saturated carbocycles. The van der Waals surface area contributed by atoms with Crippen molar-refractivity contribution in [1.82, 2.24) is 0 Å². The molecule has 98 valence electrons. The van der Waals surface area contributed by atoms with E-state index in [2.05, 4.69) is 6.58 Å². The van der Waals surface area contributed by atoms with Gasteiger partial charge in [0.25, 0.3) is 10.1 Å². The molecule has 3 nitrogen and oxygen atoms in total. The fraction of sp³-hybridized carbons (Fsp3) is 0.429. The first-order valence-electron chi connectivity index (χ1n) is 6.10. The van der Waals surface area contributed by atoms with Crippen LogP contribution in [0.25, 0.3) is 0 Å². The molecule has 1 fully saturated rings. The van der Waals surface area contributed by atoms with Crippen LogP contribution in [0.2, 0.25) is 0 Å². The van der Waals surface area contributed by atoms with Crippen molar-refractivity contribution in [2.24, 2.45) is 5.92 Å². The molecule has 0 bridgehead atoms. The Hall–Kier alpha value is -1.13. The molecule has 18 heavy (non-hydrogen) atoms. The van der Waals surface area contributed by atoms with Gasteiger partial charge in [-0.15, -0.1) is 0 Å². The summed E-state index contributed by atoms with van der Waals surface area (Å²) >= 11 is 0. The van der Waals surface area contributed by atoms with Crippen molar-refractivity contribution in [3.05, 3.63) is 42.0 Å². The van der Waals surface area contributed by atoms with Gasteiger partial charge in [0, 0.05) is 0 Å². The van der Waals surface area contributed by atoms with Crippen molar-refractivity contribution in [2.45, 2.75) is 31.1 Å². The summed E-state index contributed by atoms with van der Waals surface area (Å²) in [6, 6.07) is 6.71. The molecule has 1 aliphatic rings. The third kappa shape index (κ3) is 3.21. The van der Waals surface area contributed by atoms with Gasteiger partial charge in [-0.3, -0.25) is 4.18 Å². The normalized spacial score (nSPS) is 20.3. The summed E-state index contributed by atoms with van der Waals surface area (Å²) in [5.74, 6) is 0.290. The highest BCUT2D eigenvalue weighted by Gasteiger charge is 2.22. The number of hydrogen-bond donors (Lipinski definition) is 0. The van der Waals surface area contributed by atoms with Crippen LogP contribution in [0, 0.1) is 12.8 Å². The summed E-state index contributed by atoms with van der Waals surface area (Å²) in [6.07, 6.45) is 2.84. The molecule has 0 amide bonds. The number of hydrogen-bond acceptors (Lipinski definition) is 3. The van der Waals surface area contributed by atoms with Gasteiger partial charge in [-0.05, 0) is 44.2 Å². The van der Waals surface area contributed by atoms with Crippen molar-refractivity contribution in [3.63, 3.8) is 0 Å². The average molecular weight is 266 g/mol. The third-order valence-electron chi connectivity index (χ3n) is 3.25. The van der Waals surface area contributed by atoms with Gasteiger partial charge in [0.2, 0.25) is 0 Å². The summed E-state index contributed by atoms with van der Waals surface area (Å²) in [5, 5.41) is 0. The molecule has 1 unspecified atom stereocenters. The molecule has 4 heteroatoms. The Morgan fingerprint density at radius 1 is 1.33 bits per heavy atom. The second-order valence-electron chi connectivity index (χ2n) is 4.91. The second-order valence-corrected chi connectivity index (χ2v) is 6.53. The Morgan fingerprint density at radius 2 is 2.00 bits per heavy atom. The summed E-state index contributed by atoms with van der Waals surface area (Å²) < 4.78 is 29.0. The minimum atomic E-state index is -3.61. The number of allylic oxidation sites excluding steroid dienone is 1. The monoisotopic (exact) mass is 266 g/mol. The van der Waals surface area contributed by atoms with Crippen LogP contribution < -0.4 is 0 Å². The first-order valence-corrected chi connectivity index (χ1v) is 7.51. The fourth-order valence-electron chi connectivity index (χ4n) is 2.12. The highest BCUT2D eigenvalue weighted by molar-refractivity contribution is 7.86. The first kappa shape index (κ1) is 13.3. The van der Waals surface area contributed by atoms with Gasteiger partial charge in [0.05, 0.1) is 11.5 Å². The molecule has 0 radical (unpaired) electrons. The maximum Gasteiger partial charge on any atom is 0.296 e. The zero-order valence-corrected chi connectivity index (χ0v) is 11.4. The predicted octanol–water partition coefficient (Wildman–Crippen LogP) is 3.06. The van der Waals surface area contributed by atoms with Crippen LogP contribution in [0.4, 0.5) is 0 Å². The number of benzene rings is 1. The molecule has 1 aromatic rings. The van der Waals surface area contributed by atoms with E-state index in [-0.39, 0.29) is 17.4 Å². The van der Waals surface area contributed by atoms with Crippen LogP contribution in [0.5, 0.6) is 0 Å². The SMILES string of the molecule is C=C1CCC(COS(=O)(=O)c2ccc(C)cc2)C1. The minimum Gasteiger partial charge on any atom is -0.266 e. The lowest BCUT2D eigenvalue weighted by Gasteiger charge is -2.10. The van der Waals surface area contributed by atoms with Crippen LogP contribution in [0.3, 0.4) is 0 Å². The maximum atomic E-state index is 11.9. The highest BCUT2D eigenvalue weighted by Crippen LogP contribution is 2.29. The largest absolute Gasteiger partial charge is 0.296 e. The molecule has 0 spiro atoms. The van der Waals surface area contributed by atoms with E-state index in [1.54, 1.807) is 24.3 Å². The Morgan fingerprint density at radius 3 is 2.56 bits per heavy atom. The van der Waals surface area contributed by atoms with Crippen LogP contribution in [-0.4, -0.2) is 15.0 Å². The summed E-state index contributed by atoms with van der Waals surface area (Å²) in [5.41, 5.74) is 2.22. The fourth-order valence-corrected chi connectivity index (χ4v) is 3.10. The second kappa shape index (κ2) is 5.24. The van der Waals surface area contributed by atoms with E-state index in [0.717, 1.165) is 24.8 Å². The van der Waals surface area contributed by atoms with E-state index in [4.69, 9.17) is 4.18 Å². The molecule has 0 heterocycles. The quantitative estimate of drug-likeness (QED) is 0.621. The van der Waals surface area contributed by atoms with E-state index < -0.39 is 10.1 Å². The zero-order chi connectivity index (χ0) is 13.2. The van der Waals surface area contributed by atoms with Crippen molar-refractivity contribution in [1.29, 1.82) is 0 Å². The van der Waals surface area contributed by atoms with Crippen LogP contribution >= 0.6 is 0 Å². The van der Waals surface area contributed by atoms with E-state index in [1.165, 1.54) is 5.57 Å². The molecule has 1 atom stereocenters. The standard InChI is InChI=1S/C14H18O3S/c1-11-4-7-14(8-5-11)18(15,16)17-10-13-6-3-12(2)9-13/h4-5,7-8,13H,2-3,6,9-10H2,1H3. The topological polar surface area (TPSA) is 43.4 Å². The van der Waals surface area contributed by atoms with Gasteiger partial charge < -0.3 is 0 Å². The molecule has 0 N–H and O–H groups in total. The first-order chi connectivity index (χ1) is 8.47. The van der Waals surface area contributed by atoms with Gasteiger partial charge in [-0.2, -0.15) is 8.42 Å². The van der Waals surface area contributed by atoms with Gasteiger partial charge in [-0.1, -0.05) is 29.8 Å². The summed E-state index contributed by atoms with van der Waals surface area (Å²) in [7, 11) is -3.61. The van der Waals surface area contributed by atoms with Gasteiger partial charge in [0.1, 0.15) is 0 Å². The van der Waals surface area contributed by atoms with Crippen molar-refractivity contribution in [2.75, 3.05) is 6.61 Å². The van der Waals surface area contributed by atoms with Gasteiger partial charge >= 0.3 is 0 Å². The zero-order valence-electron chi connectivity index (χ0n) is 10.6. The van der Waals surface area contributed by atoms with Gasteiger partial charge in [0.15, 0.2) is 0 Å². The van der Waals surface area contributed by atoms with Crippen LogP contribution in [-0.2, 0) is 14.3 Å². The van der Waals surface area contributed by atoms with Crippen molar-refractivity contribution in [3.8, 4) is 0 Å². The van der Waals surface area contributed by atoms with Gasteiger partial charge in [-0.25, -0.2) is 0 Å². The Balaban J connectivity index is 1.99. The molecule has 0 aromatic heterocycles. The average Bonchev–Trinajstić information content (AvgIpc) is 2.73. The van der Waals surface area contributed by atoms with E-state index in [1.807, 2.05) is 6.92 Å². The predicted molar refractivity (Wildman–Crippen MR) is 70.8 cm³/mol. The lowest BCUT2D eigenvalue weighted by Crippen LogP contribution is -2.12. The Bertz CT molecular complexity index is 529. The van der Waals surface area contributed by atoms with Crippen LogP contribution in [0.1, 0.15) is 24.8 Å². The minimum absolute atomic E-state index is 0.227. The summed E-state index contributed by atoms with van der Waals surface area (Å²) in [4.78, 5) is 0.227. The molecular weight excluding hydrogens is 248 g/mol. The van der Waals surface area contributed by atoms with E-state index in [9.17, 15) is 8.42 Å². The number of rotatable bonds is 4.